The second-order valence-corrected chi connectivity index (χ2v) is 2.13. The highest BCUT2D eigenvalue weighted by Gasteiger charge is 1.78. The van der Waals surface area contributed by atoms with Gasteiger partial charge in [0, 0.05) is 11.9 Å². The Morgan fingerprint density at radius 3 is 2.80 bits per heavy atom. The van der Waals surface area contributed by atoms with Crippen molar-refractivity contribution in [2.45, 2.75) is 26.7 Å². The van der Waals surface area contributed by atoms with E-state index in [4.69, 9.17) is 0 Å². The van der Waals surface area contributed by atoms with Gasteiger partial charge in [-0.3, -0.25) is 4.99 Å². The fourth-order valence-electron chi connectivity index (χ4n) is 0.428. The lowest BCUT2D eigenvalue weighted by atomic mass is 10.3. The maximum Gasteiger partial charge on any atom is 0.0230 e. The van der Waals surface area contributed by atoms with Gasteiger partial charge < -0.3 is 0 Å². The van der Waals surface area contributed by atoms with Crippen LogP contribution in [0.1, 0.15) is 26.7 Å². The lowest BCUT2D eigenvalue weighted by Crippen LogP contribution is -1.83. The van der Waals surface area contributed by atoms with E-state index in [1.165, 1.54) is 5.71 Å². The van der Waals surface area contributed by atoms with Crippen LogP contribution < -0.4 is 0 Å². The molecule has 0 aromatic rings. The smallest absolute Gasteiger partial charge is 0.0230 e. The Bertz CT molecular complexity index is 143. The van der Waals surface area contributed by atoms with E-state index < -0.39 is 0 Å². The van der Waals surface area contributed by atoms with Crippen molar-refractivity contribution in [1.82, 2.24) is 0 Å². The SMILES string of the molecule is C=CC/C=C\N=C(C)CC. The summed E-state index contributed by atoms with van der Waals surface area (Å²) in [6.07, 6.45) is 7.61. The Balaban J connectivity index is 3.58. The average Bonchev–Trinajstić information content (AvgIpc) is 1.98. The molecule has 0 amide bonds. The van der Waals surface area contributed by atoms with Crippen LogP contribution in [0.15, 0.2) is 29.9 Å². The van der Waals surface area contributed by atoms with Crippen LogP contribution in [0.25, 0.3) is 0 Å². The van der Waals surface area contributed by atoms with Crippen LogP contribution >= 0.6 is 0 Å². The van der Waals surface area contributed by atoms with Crippen LogP contribution in [0.3, 0.4) is 0 Å². The average molecular weight is 137 g/mol. The number of aliphatic imine (C=N–C) groups is 1. The van der Waals surface area contributed by atoms with Crippen LogP contribution in [0.2, 0.25) is 0 Å². The molecular formula is C9H15N. The molecule has 0 spiro atoms. The molecule has 0 aliphatic heterocycles. The summed E-state index contributed by atoms with van der Waals surface area (Å²) in [5.74, 6) is 0. The topological polar surface area (TPSA) is 12.4 Å². The molecule has 0 saturated carbocycles. The third-order valence-electron chi connectivity index (χ3n) is 1.21. The summed E-state index contributed by atoms with van der Waals surface area (Å²) in [5, 5.41) is 0. The molecule has 0 N–H and O–H groups in total. The van der Waals surface area contributed by atoms with Crippen LogP contribution in [-0.4, -0.2) is 5.71 Å². The van der Waals surface area contributed by atoms with Crippen LogP contribution in [0, 0.1) is 0 Å². The van der Waals surface area contributed by atoms with Crippen molar-refractivity contribution >= 4 is 5.71 Å². The van der Waals surface area contributed by atoms with Gasteiger partial charge in [-0.15, -0.1) is 6.58 Å². The first-order valence-corrected chi connectivity index (χ1v) is 3.60. The second kappa shape index (κ2) is 6.27. The fraction of sp³-hybridized carbons (Fsp3) is 0.444. The zero-order valence-electron chi connectivity index (χ0n) is 6.80. The summed E-state index contributed by atoms with van der Waals surface area (Å²) in [7, 11) is 0. The molecule has 0 unspecified atom stereocenters. The summed E-state index contributed by atoms with van der Waals surface area (Å²) in [6.45, 7) is 7.72. The van der Waals surface area contributed by atoms with Gasteiger partial charge in [-0.25, -0.2) is 0 Å². The summed E-state index contributed by atoms with van der Waals surface area (Å²) in [4.78, 5) is 4.17. The van der Waals surface area contributed by atoms with Gasteiger partial charge in [0.1, 0.15) is 0 Å². The minimum absolute atomic E-state index is 0.903. The highest BCUT2D eigenvalue weighted by Crippen LogP contribution is 1.88. The number of hydrogen-bond acceptors (Lipinski definition) is 1. The molecule has 56 valence electrons. The van der Waals surface area contributed by atoms with Gasteiger partial charge in [-0.1, -0.05) is 19.1 Å². The van der Waals surface area contributed by atoms with Crippen molar-refractivity contribution < 1.29 is 0 Å². The molecule has 10 heavy (non-hydrogen) atoms. The van der Waals surface area contributed by atoms with E-state index in [1.807, 2.05) is 25.3 Å². The first-order valence-electron chi connectivity index (χ1n) is 3.60. The molecule has 0 aliphatic rings. The molecule has 1 nitrogen and oxygen atoms in total. The van der Waals surface area contributed by atoms with Crippen molar-refractivity contribution in [1.29, 1.82) is 0 Å². The van der Waals surface area contributed by atoms with Crippen LogP contribution in [0.4, 0.5) is 0 Å². The van der Waals surface area contributed by atoms with Gasteiger partial charge in [0.05, 0.1) is 0 Å². The van der Waals surface area contributed by atoms with E-state index in [2.05, 4.69) is 18.5 Å². The molecule has 0 aliphatic carbocycles. The Labute approximate surface area is 63.2 Å². The van der Waals surface area contributed by atoms with Gasteiger partial charge in [0.15, 0.2) is 0 Å². The minimum atomic E-state index is 0.903. The Morgan fingerprint density at radius 1 is 1.60 bits per heavy atom. The molecule has 0 heterocycles. The molecular weight excluding hydrogens is 122 g/mol. The summed E-state index contributed by atoms with van der Waals surface area (Å²) in [6, 6.07) is 0. The molecule has 0 bridgehead atoms. The Kier molecular flexibility index (Phi) is 5.74. The van der Waals surface area contributed by atoms with Gasteiger partial charge in [-0.2, -0.15) is 0 Å². The normalized spacial score (nSPS) is 12.4. The summed E-state index contributed by atoms with van der Waals surface area (Å²) in [5.41, 5.74) is 1.17. The summed E-state index contributed by atoms with van der Waals surface area (Å²) < 4.78 is 0. The lowest BCUT2D eigenvalue weighted by molar-refractivity contribution is 1.24. The van der Waals surface area contributed by atoms with Crippen molar-refractivity contribution in [2.24, 2.45) is 4.99 Å². The molecule has 0 aromatic heterocycles. The van der Waals surface area contributed by atoms with E-state index >= 15 is 0 Å². The zero-order chi connectivity index (χ0) is 7.82. The number of rotatable bonds is 4. The minimum Gasteiger partial charge on any atom is -0.266 e. The van der Waals surface area contributed by atoms with E-state index in [1.54, 1.807) is 0 Å². The van der Waals surface area contributed by atoms with Crippen molar-refractivity contribution in [3.05, 3.63) is 24.9 Å². The molecule has 0 saturated heterocycles. The number of hydrogen-bond donors (Lipinski definition) is 0. The first-order chi connectivity index (χ1) is 4.81. The van der Waals surface area contributed by atoms with Crippen LogP contribution in [0.5, 0.6) is 0 Å². The number of nitrogens with zero attached hydrogens (tertiary/aromatic N) is 1. The highest BCUT2D eigenvalue weighted by molar-refractivity contribution is 5.82. The quantitative estimate of drug-likeness (QED) is 0.417. The predicted molar refractivity (Wildman–Crippen MR) is 47.4 cm³/mol. The van der Waals surface area contributed by atoms with Gasteiger partial charge in [-0.05, 0) is 19.8 Å². The Hall–Kier alpha value is -0.850. The van der Waals surface area contributed by atoms with Crippen molar-refractivity contribution in [3.8, 4) is 0 Å². The predicted octanol–water partition coefficient (Wildman–Crippen LogP) is 2.95. The standard InChI is InChI=1S/C9H15N/c1-4-6-7-8-10-9(3)5-2/h4,7-8H,1,5-6H2,2-3H3/b8-7-,10-9?. The largest absolute Gasteiger partial charge is 0.266 e. The van der Waals surface area contributed by atoms with E-state index in [9.17, 15) is 0 Å². The summed E-state index contributed by atoms with van der Waals surface area (Å²) >= 11 is 0. The molecule has 1 heteroatoms. The van der Waals surface area contributed by atoms with Crippen LogP contribution in [-0.2, 0) is 0 Å². The third-order valence-corrected chi connectivity index (χ3v) is 1.21. The number of allylic oxidation sites excluding steroid dienone is 2. The Morgan fingerprint density at radius 2 is 2.30 bits per heavy atom. The van der Waals surface area contributed by atoms with E-state index in [-0.39, 0.29) is 0 Å². The molecule has 0 fully saturated rings. The highest BCUT2D eigenvalue weighted by atomic mass is 14.7. The molecule has 0 radical (unpaired) electrons. The van der Waals surface area contributed by atoms with Gasteiger partial charge >= 0.3 is 0 Å². The third kappa shape index (κ3) is 5.29. The van der Waals surface area contributed by atoms with E-state index in [0.29, 0.717) is 0 Å². The van der Waals surface area contributed by atoms with E-state index in [0.717, 1.165) is 12.8 Å². The zero-order valence-corrected chi connectivity index (χ0v) is 6.80. The monoisotopic (exact) mass is 137 g/mol. The van der Waals surface area contributed by atoms with Gasteiger partial charge in [0.25, 0.3) is 0 Å². The molecule has 0 aromatic carbocycles. The fourth-order valence-corrected chi connectivity index (χ4v) is 0.428. The molecule has 0 rings (SSSR count). The molecule has 0 atom stereocenters. The van der Waals surface area contributed by atoms with Crippen molar-refractivity contribution in [3.63, 3.8) is 0 Å². The maximum absolute atomic E-state index is 4.17. The van der Waals surface area contributed by atoms with Gasteiger partial charge in [0.2, 0.25) is 0 Å². The first kappa shape index (κ1) is 9.15. The van der Waals surface area contributed by atoms with Crippen molar-refractivity contribution in [2.75, 3.05) is 0 Å². The lowest BCUT2D eigenvalue weighted by Gasteiger charge is -1.87. The maximum atomic E-state index is 4.17. The second-order valence-electron chi connectivity index (χ2n) is 2.13.